The molecular formula is C20H23NO2. The Hall–Kier alpha value is -2.13. The number of benzene rings is 2. The average Bonchev–Trinajstić information content (AvgIpc) is 2.82. The van der Waals surface area contributed by atoms with E-state index in [1.54, 1.807) is 0 Å². The van der Waals surface area contributed by atoms with Gasteiger partial charge in [0.05, 0.1) is 5.56 Å². The Morgan fingerprint density at radius 2 is 1.43 bits per heavy atom. The van der Waals surface area contributed by atoms with Gasteiger partial charge in [-0.05, 0) is 33.8 Å². The minimum absolute atomic E-state index is 0.217. The summed E-state index contributed by atoms with van der Waals surface area (Å²) >= 11 is 0. The lowest BCUT2D eigenvalue weighted by molar-refractivity contribution is -0.114. The second kappa shape index (κ2) is 5.82. The molecule has 3 nitrogen and oxygen atoms in total. The molecule has 120 valence electrons. The van der Waals surface area contributed by atoms with Crippen LogP contribution in [0.25, 0.3) is 0 Å². The summed E-state index contributed by atoms with van der Waals surface area (Å²) in [4.78, 5) is 14.8. The summed E-state index contributed by atoms with van der Waals surface area (Å²) in [5, 5.41) is 0. The van der Waals surface area contributed by atoms with Crippen molar-refractivity contribution < 1.29 is 9.53 Å². The number of esters is 1. The van der Waals surface area contributed by atoms with Crippen molar-refractivity contribution in [2.45, 2.75) is 45.5 Å². The highest BCUT2D eigenvalue weighted by Gasteiger charge is 2.52. The van der Waals surface area contributed by atoms with E-state index in [1.165, 1.54) is 0 Å². The fraction of sp³-hybridized carbons (Fsp3) is 0.350. The van der Waals surface area contributed by atoms with Gasteiger partial charge in [-0.3, -0.25) is 4.90 Å². The van der Waals surface area contributed by atoms with E-state index in [4.69, 9.17) is 4.74 Å². The Kier molecular flexibility index (Phi) is 3.99. The molecular weight excluding hydrogens is 286 g/mol. The molecule has 0 amide bonds. The summed E-state index contributed by atoms with van der Waals surface area (Å²) in [6, 6.07) is 18.2. The Bertz CT molecular complexity index is 701. The van der Waals surface area contributed by atoms with E-state index in [0.717, 1.165) is 11.1 Å². The summed E-state index contributed by atoms with van der Waals surface area (Å²) < 4.78 is 6.08. The number of ether oxygens (including phenoxy) is 1. The molecule has 3 heteroatoms. The second-order valence-corrected chi connectivity index (χ2v) is 6.54. The highest BCUT2D eigenvalue weighted by Crippen LogP contribution is 2.46. The van der Waals surface area contributed by atoms with Gasteiger partial charge in [0.2, 0.25) is 5.72 Å². The van der Waals surface area contributed by atoms with Crippen molar-refractivity contribution in [2.24, 2.45) is 0 Å². The largest absolute Gasteiger partial charge is 0.431 e. The van der Waals surface area contributed by atoms with Crippen molar-refractivity contribution in [3.63, 3.8) is 0 Å². The number of rotatable bonds is 4. The molecule has 1 unspecified atom stereocenters. The highest BCUT2D eigenvalue weighted by atomic mass is 16.6. The number of cyclic esters (lactones) is 1. The molecule has 0 aromatic heterocycles. The zero-order valence-electron chi connectivity index (χ0n) is 14.1. The van der Waals surface area contributed by atoms with Crippen molar-refractivity contribution in [3.8, 4) is 0 Å². The van der Waals surface area contributed by atoms with E-state index < -0.39 is 5.72 Å². The third kappa shape index (κ3) is 2.36. The van der Waals surface area contributed by atoms with Crippen LogP contribution in [-0.2, 0) is 10.5 Å². The molecule has 0 radical (unpaired) electrons. The Morgan fingerprint density at radius 1 is 0.870 bits per heavy atom. The molecule has 2 aromatic carbocycles. The van der Waals surface area contributed by atoms with Gasteiger partial charge in [-0.2, -0.15) is 0 Å². The molecule has 1 heterocycles. The number of carbonyl (C=O) groups is 1. The third-order valence-electron chi connectivity index (χ3n) is 4.39. The first-order chi connectivity index (χ1) is 11.0. The van der Waals surface area contributed by atoms with Gasteiger partial charge in [-0.15, -0.1) is 0 Å². The van der Waals surface area contributed by atoms with Gasteiger partial charge >= 0.3 is 5.97 Å². The van der Waals surface area contributed by atoms with Crippen molar-refractivity contribution >= 4 is 5.97 Å². The smallest absolute Gasteiger partial charge is 0.340 e. The van der Waals surface area contributed by atoms with Gasteiger partial charge in [0.25, 0.3) is 0 Å². The van der Waals surface area contributed by atoms with Crippen LogP contribution in [0.5, 0.6) is 0 Å². The van der Waals surface area contributed by atoms with Crippen LogP contribution in [0.4, 0.5) is 0 Å². The number of carbonyl (C=O) groups excluding carboxylic acids is 1. The molecule has 0 fully saturated rings. The van der Waals surface area contributed by atoms with Crippen LogP contribution >= 0.6 is 0 Å². The Balaban J connectivity index is 2.31. The lowest BCUT2D eigenvalue weighted by Crippen LogP contribution is -2.54. The normalized spacial score (nSPS) is 20.2. The van der Waals surface area contributed by atoms with Crippen LogP contribution in [-0.4, -0.2) is 23.0 Å². The average molecular weight is 309 g/mol. The first-order valence-corrected chi connectivity index (χ1v) is 8.15. The van der Waals surface area contributed by atoms with Crippen LogP contribution in [0.3, 0.4) is 0 Å². The van der Waals surface area contributed by atoms with E-state index in [-0.39, 0.29) is 18.1 Å². The molecule has 0 saturated carbocycles. The van der Waals surface area contributed by atoms with E-state index in [9.17, 15) is 4.79 Å². The molecule has 0 spiro atoms. The number of fused-ring (bicyclic) bond motifs is 1. The molecule has 1 aliphatic heterocycles. The van der Waals surface area contributed by atoms with E-state index in [0.29, 0.717) is 5.56 Å². The van der Waals surface area contributed by atoms with Crippen LogP contribution in [0, 0.1) is 0 Å². The van der Waals surface area contributed by atoms with Crippen molar-refractivity contribution in [3.05, 3.63) is 71.3 Å². The van der Waals surface area contributed by atoms with Crippen LogP contribution < -0.4 is 0 Å². The SMILES string of the molecule is CC(C)N(C(C)C)C1(c2ccccc2)OC(=O)c2ccccc21. The predicted octanol–water partition coefficient (Wildman–Crippen LogP) is 4.18. The van der Waals surface area contributed by atoms with E-state index in [2.05, 4.69) is 32.6 Å². The van der Waals surface area contributed by atoms with Crippen LogP contribution in [0.15, 0.2) is 54.6 Å². The van der Waals surface area contributed by atoms with E-state index in [1.807, 2.05) is 54.6 Å². The zero-order chi connectivity index (χ0) is 16.6. The Morgan fingerprint density at radius 3 is 2.04 bits per heavy atom. The fourth-order valence-corrected chi connectivity index (χ4v) is 3.74. The fourth-order valence-electron chi connectivity index (χ4n) is 3.74. The Labute approximate surface area is 137 Å². The summed E-state index contributed by atoms with van der Waals surface area (Å²) in [7, 11) is 0. The first-order valence-electron chi connectivity index (χ1n) is 8.15. The maximum Gasteiger partial charge on any atom is 0.340 e. The number of hydrogen-bond acceptors (Lipinski definition) is 3. The molecule has 1 aliphatic rings. The molecule has 3 rings (SSSR count). The van der Waals surface area contributed by atoms with Gasteiger partial charge in [0, 0.05) is 23.2 Å². The minimum Gasteiger partial charge on any atom is -0.431 e. The van der Waals surface area contributed by atoms with Gasteiger partial charge in [-0.1, -0.05) is 48.5 Å². The molecule has 0 saturated heterocycles. The quantitative estimate of drug-likeness (QED) is 0.794. The van der Waals surface area contributed by atoms with Gasteiger partial charge < -0.3 is 4.74 Å². The van der Waals surface area contributed by atoms with Gasteiger partial charge in [-0.25, -0.2) is 4.79 Å². The number of hydrogen-bond donors (Lipinski definition) is 0. The highest BCUT2D eigenvalue weighted by molar-refractivity contribution is 5.95. The third-order valence-corrected chi connectivity index (χ3v) is 4.39. The van der Waals surface area contributed by atoms with Crippen molar-refractivity contribution in [1.29, 1.82) is 0 Å². The summed E-state index contributed by atoms with van der Waals surface area (Å²) in [5.74, 6) is -0.254. The minimum atomic E-state index is -0.864. The zero-order valence-corrected chi connectivity index (χ0v) is 14.1. The molecule has 0 bridgehead atoms. The van der Waals surface area contributed by atoms with Crippen molar-refractivity contribution in [1.82, 2.24) is 4.90 Å². The molecule has 2 aromatic rings. The van der Waals surface area contributed by atoms with Gasteiger partial charge in [0.15, 0.2) is 0 Å². The van der Waals surface area contributed by atoms with Crippen LogP contribution in [0.1, 0.15) is 49.2 Å². The molecule has 23 heavy (non-hydrogen) atoms. The van der Waals surface area contributed by atoms with Crippen LogP contribution in [0.2, 0.25) is 0 Å². The maximum absolute atomic E-state index is 12.6. The monoisotopic (exact) mass is 309 g/mol. The standard InChI is InChI=1S/C20H23NO2/c1-14(2)21(15(3)4)20(16-10-6-5-7-11-16)18-13-9-8-12-17(18)19(22)23-20/h5-15H,1-4H3. The molecule has 1 atom stereocenters. The summed E-state index contributed by atoms with van der Waals surface area (Å²) in [6.07, 6.45) is 0. The lowest BCUT2D eigenvalue weighted by atomic mass is 9.89. The molecule has 0 aliphatic carbocycles. The van der Waals surface area contributed by atoms with E-state index >= 15 is 0 Å². The summed E-state index contributed by atoms with van der Waals surface area (Å²) in [5.41, 5.74) is 1.71. The van der Waals surface area contributed by atoms with Crippen molar-refractivity contribution in [2.75, 3.05) is 0 Å². The second-order valence-electron chi connectivity index (χ2n) is 6.54. The predicted molar refractivity (Wildman–Crippen MR) is 91.2 cm³/mol. The topological polar surface area (TPSA) is 29.5 Å². The maximum atomic E-state index is 12.6. The summed E-state index contributed by atoms with van der Waals surface area (Å²) in [6.45, 7) is 8.55. The molecule has 0 N–H and O–H groups in total. The number of nitrogens with zero attached hydrogens (tertiary/aromatic N) is 1. The lowest BCUT2D eigenvalue weighted by Gasteiger charge is -2.45. The van der Waals surface area contributed by atoms with Gasteiger partial charge in [0.1, 0.15) is 0 Å². The first kappa shape index (κ1) is 15.8.